The fraction of sp³-hybridized carbons (Fsp3) is 0.915. The lowest BCUT2D eigenvalue weighted by atomic mass is 10.0. The van der Waals surface area contributed by atoms with Gasteiger partial charge in [0.2, 0.25) is 0 Å². The lowest BCUT2D eigenvalue weighted by molar-refractivity contribution is -0.167. The zero-order valence-corrected chi connectivity index (χ0v) is 44.0. The van der Waals surface area contributed by atoms with Crippen molar-refractivity contribution >= 4 is 17.9 Å². The Hall–Kier alpha value is -1.85. The summed E-state index contributed by atoms with van der Waals surface area (Å²) in [5, 5.41) is 0. The van der Waals surface area contributed by atoms with Crippen molar-refractivity contribution in [1.82, 2.24) is 0 Å². The number of carbonyl (C=O) groups excluding carboxylic acids is 3. The molecule has 0 N–H and O–H groups in total. The highest BCUT2D eigenvalue weighted by atomic mass is 16.6. The summed E-state index contributed by atoms with van der Waals surface area (Å²) in [7, 11) is 0. The van der Waals surface area contributed by atoms with Crippen molar-refractivity contribution in [1.29, 1.82) is 0 Å². The highest BCUT2D eigenvalue weighted by molar-refractivity contribution is 5.71. The Morgan fingerprint density at radius 1 is 0.292 bits per heavy atom. The van der Waals surface area contributed by atoms with Gasteiger partial charge in [-0.3, -0.25) is 14.4 Å². The van der Waals surface area contributed by atoms with Crippen LogP contribution in [0.2, 0.25) is 0 Å². The minimum atomic E-state index is -0.764. The second kappa shape index (κ2) is 54.8. The van der Waals surface area contributed by atoms with Gasteiger partial charge in [0.05, 0.1) is 0 Å². The van der Waals surface area contributed by atoms with Gasteiger partial charge in [-0.05, 0) is 44.9 Å². The SMILES string of the molecule is CCCCCCCC/C=C\CCCCCCCCCCCC(=O)OCC(COC(=O)CCCCCCCCCCCC)OC(=O)CCCCCCCCCCCCCCCCCCCC. The summed E-state index contributed by atoms with van der Waals surface area (Å²) in [5.74, 6) is -0.845. The summed E-state index contributed by atoms with van der Waals surface area (Å²) in [5.41, 5.74) is 0. The number of hydrogen-bond acceptors (Lipinski definition) is 6. The number of ether oxygens (including phenoxy) is 3. The molecule has 1 atom stereocenters. The fourth-order valence-corrected chi connectivity index (χ4v) is 8.85. The maximum absolute atomic E-state index is 12.8. The van der Waals surface area contributed by atoms with Crippen molar-refractivity contribution in [3.63, 3.8) is 0 Å². The molecule has 0 saturated carbocycles. The molecule has 0 fully saturated rings. The van der Waals surface area contributed by atoms with E-state index in [2.05, 4.69) is 32.9 Å². The first-order chi connectivity index (χ1) is 32.0. The van der Waals surface area contributed by atoms with Crippen LogP contribution in [-0.2, 0) is 28.6 Å². The monoisotopic (exact) mass is 917 g/mol. The molecule has 0 aliphatic carbocycles. The first kappa shape index (κ1) is 63.1. The lowest BCUT2D eigenvalue weighted by Gasteiger charge is -2.18. The van der Waals surface area contributed by atoms with Gasteiger partial charge >= 0.3 is 17.9 Å². The van der Waals surface area contributed by atoms with Crippen LogP contribution in [0.3, 0.4) is 0 Å². The van der Waals surface area contributed by atoms with E-state index >= 15 is 0 Å². The van der Waals surface area contributed by atoms with Crippen LogP contribution >= 0.6 is 0 Å². The Labute approximate surface area is 405 Å². The third-order valence-corrected chi connectivity index (χ3v) is 13.3. The molecule has 0 heterocycles. The molecule has 0 bridgehead atoms. The normalized spacial score (nSPS) is 12.0. The molecule has 0 aliphatic heterocycles. The third kappa shape index (κ3) is 53.0. The van der Waals surface area contributed by atoms with Gasteiger partial charge in [-0.25, -0.2) is 0 Å². The second-order valence-electron chi connectivity index (χ2n) is 19.9. The summed E-state index contributed by atoms with van der Waals surface area (Å²) in [4.78, 5) is 38.1. The minimum absolute atomic E-state index is 0.0648. The van der Waals surface area contributed by atoms with Crippen LogP contribution in [0.1, 0.15) is 329 Å². The van der Waals surface area contributed by atoms with Crippen LogP contribution in [0.5, 0.6) is 0 Å². The van der Waals surface area contributed by atoms with Gasteiger partial charge in [-0.15, -0.1) is 0 Å². The van der Waals surface area contributed by atoms with E-state index < -0.39 is 6.10 Å². The summed E-state index contributed by atoms with van der Waals surface area (Å²) in [6, 6.07) is 0. The topological polar surface area (TPSA) is 78.9 Å². The van der Waals surface area contributed by atoms with E-state index in [1.165, 1.54) is 231 Å². The molecule has 0 spiro atoms. The van der Waals surface area contributed by atoms with E-state index in [1.807, 2.05) is 0 Å². The zero-order chi connectivity index (χ0) is 47.2. The van der Waals surface area contributed by atoms with Crippen molar-refractivity contribution in [3.8, 4) is 0 Å². The van der Waals surface area contributed by atoms with Crippen LogP contribution < -0.4 is 0 Å². The molecule has 0 radical (unpaired) electrons. The third-order valence-electron chi connectivity index (χ3n) is 13.3. The van der Waals surface area contributed by atoms with Gasteiger partial charge < -0.3 is 14.2 Å². The van der Waals surface area contributed by atoms with Crippen LogP contribution in [-0.4, -0.2) is 37.2 Å². The maximum atomic E-state index is 12.8. The highest BCUT2D eigenvalue weighted by Gasteiger charge is 2.19. The molecule has 0 amide bonds. The molecule has 384 valence electrons. The number of carbonyl (C=O) groups is 3. The van der Waals surface area contributed by atoms with Crippen LogP contribution in [0.25, 0.3) is 0 Å². The van der Waals surface area contributed by atoms with Crippen molar-refractivity contribution in [2.45, 2.75) is 335 Å². The Bertz CT molecular complexity index is 1010. The van der Waals surface area contributed by atoms with Gasteiger partial charge in [0.15, 0.2) is 6.10 Å². The first-order valence-corrected chi connectivity index (χ1v) is 29.2. The number of esters is 3. The molecule has 6 heteroatoms. The Morgan fingerprint density at radius 2 is 0.508 bits per heavy atom. The van der Waals surface area contributed by atoms with E-state index in [1.54, 1.807) is 0 Å². The molecule has 0 saturated heterocycles. The Balaban J connectivity index is 4.24. The van der Waals surface area contributed by atoms with Gasteiger partial charge in [-0.1, -0.05) is 277 Å². The Morgan fingerprint density at radius 3 is 0.769 bits per heavy atom. The number of rotatable bonds is 54. The molecule has 6 nitrogen and oxygen atoms in total. The van der Waals surface area contributed by atoms with E-state index in [0.717, 1.165) is 57.8 Å². The van der Waals surface area contributed by atoms with Crippen LogP contribution in [0.15, 0.2) is 12.2 Å². The average Bonchev–Trinajstić information content (AvgIpc) is 3.30. The van der Waals surface area contributed by atoms with Gasteiger partial charge in [0, 0.05) is 19.3 Å². The largest absolute Gasteiger partial charge is 0.462 e. The lowest BCUT2D eigenvalue weighted by Crippen LogP contribution is -2.30. The number of allylic oxidation sites excluding steroid dienone is 2. The Kier molecular flexibility index (Phi) is 53.2. The zero-order valence-electron chi connectivity index (χ0n) is 44.0. The average molecular weight is 918 g/mol. The minimum Gasteiger partial charge on any atom is -0.462 e. The molecule has 0 aliphatic rings. The highest BCUT2D eigenvalue weighted by Crippen LogP contribution is 2.17. The van der Waals surface area contributed by atoms with Crippen LogP contribution in [0.4, 0.5) is 0 Å². The van der Waals surface area contributed by atoms with Gasteiger partial charge in [-0.2, -0.15) is 0 Å². The van der Waals surface area contributed by atoms with Crippen molar-refractivity contribution < 1.29 is 28.6 Å². The quantitative estimate of drug-likeness (QED) is 0.0262. The molecule has 0 aromatic rings. The van der Waals surface area contributed by atoms with Gasteiger partial charge in [0.1, 0.15) is 13.2 Å². The summed E-state index contributed by atoms with van der Waals surface area (Å²) >= 11 is 0. The summed E-state index contributed by atoms with van der Waals surface area (Å²) in [6.45, 7) is 6.68. The van der Waals surface area contributed by atoms with E-state index in [4.69, 9.17) is 14.2 Å². The van der Waals surface area contributed by atoms with E-state index in [0.29, 0.717) is 19.3 Å². The van der Waals surface area contributed by atoms with Gasteiger partial charge in [0.25, 0.3) is 0 Å². The van der Waals surface area contributed by atoms with Crippen LogP contribution in [0, 0.1) is 0 Å². The predicted octanol–water partition coefficient (Wildman–Crippen LogP) is 19.3. The molecule has 0 rings (SSSR count). The van der Waals surface area contributed by atoms with Crippen molar-refractivity contribution in [2.75, 3.05) is 13.2 Å². The number of unbranched alkanes of at least 4 members (excludes halogenated alkanes) is 41. The standard InChI is InChI=1S/C59H112O6/c1-4-7-10-13-16-19-22-24-26-28-30-32-33-35-37-40-43-46-49-52-58(61)64-55-56(54-63-57(60)51-48-45-42-39-21-18-15-12-9-6-3)65-59(62)53-50-47-44-41-38-36-34-31-29-27-25-23-20-17-14-11-8-5-2/h24,26,56H,4-23,25,27-55H2,1-3H3/b26-24-. The predicted molar refractivity (Wildman–Crippen MR) is 280 cm³/mol. The van der Waals surface area contributed by atoms with Crippen molar-refractivity contribution in [2.24, 2.45) is 0 Å². The second-order valence-corrected chi connectivity index (χ2v) is 19.9. The molecule has 65 heavy (non-hydrogen) atoms. The van der Waals surface area contributed by atoms with E-state index in [-0.39, 0.29) is 31.1 Å². The maximum Gasteiger partial charge on any atom is 0.306 e. The molecular weight excluding hydrogens is 805 g/mol. The summed E-state index contributed by atoms with van der Waals surface area (Å²) < 4.78 is 16.9. The fourth-order valence-electron chi connectivity index (χ4n) is 8.85. The molecule has 0 aromatic heterocycles. The first-order valence-electron chi connectivity index (χ1n) is 29.2. The smallest absolute Gasteiger partial charge is 0.306 e. The summed E-state index contributed by atoms with van der Waals surface area (Å²) in [6.07, 6.45) is 62.1. The molecule has 0 aromatic carbocycles. The van der Waals surface area contributed by atoms with E-state index in [9.17, 15) is 14.4 Å². The molecular formula is C59H112O6. The van der Waals surface area contributed by atoms with Crippen molar-refractivity contribution in [3.05, 3.63) is 12.2 Å². The number of hydrogen-bond donors (Lipinski definition) is 0. The molecule has 1 unspecified atom stereocenters.